The largest absolute Gasteiger partial charge is 0.463 e. The van der Waals surface area contributed by atoms with Gasteiger partial charge in [0.05, 0.1) is 10.9 Å². The second kappa shape index (κ2) is 7.07. The Morgan fingerprint density at radius 3 is 2.72 bits per heavy atom. The molecule has 1 heterocycles. The van der Waals surface area contributed by atoms with Gasteiger partial charge in [0.15, 0.2) is 5.43 Å². The fourth-order valence-electron chi connectivity index (χ4n) is 2.48. The Morgan fingerprint density at radius 2 is 1.96 bits per heavy atom. The fraction of sp³-hybridized carbons (Fsp3) is 0.100. The summed E-state index contributed by atoms with van der Waals surface area (Å²) in [6.45, 7) is 3.82. The van der Waals surface area contributed by atoms with Crippen molar-refractivity contribution in [2.75, 3.05) is 5.32 Å². The van der Waals surface area contributed by atoms with Crippen molar-refractivity contribution in [3.05, 3.63) is 80.1 Å². The number of fused-ring (bicyclic) bond motifs is 1. The molecule has 4 nitrogen and oxygen atoms in total. The zero-order chi connectivity index (χ0) is 18.0. The predicted octanol–water partition coefficient (Wildman–Crippen LogP) is 4.82. The Kier molecular flexibility index (Phi) is 4.86. The lowest BCUT2D eigenvalue weighted by atomic mass is 10.1. The van der Waals surface area contributed by atoms with Crippen LogP contribution in [0, 0.1) is 13.8 Å². The lowest BCUT2D eigenvalue weighted by Crippen LogP contribution is -2.10. The van der Waals surface area contributed by atoms with Gasteiger partial charge in [0.25, 0.3) is 0 Å². The molecule has 0 aliphatic rings. The van der Waals surface area contributed by atoms with Crippen LogP contribution in [0.25, 0.3) is 17.0 Å². The van der Waals surface area contributed by atoms with Gasteiger partial charge in [-0.05, 0) is 55.8 Å². The molecule has 0 atom stereocenters. The smallest absolute Gasteiger partial charge is 0.248 e. The second-order valence-electron chi connectivity index (χ2n) is 5.80. The molecule has 0 aliphatic carbocycles. The first kappa shape index (κ1) is 17.2. The van der Waals surface area contributed by atoms with Crippen LogP contribution in [-0.4, -0.2) is 5.91 Å². The van der Waals surface area contributed by atoms with E-state index in [9.17, 15) is 9.59 Å². The zero-order valence-corrected chi connectivity index (χ0v) is 15.4. The number of amides is 1. The summed E-state index contributed by atoms with van der Waals surface area (Å²) >= 11 is 3.38. The Balaban J connectivity index is 1.84. The van der Waals surface area contributed by atoms with Crippen molar-refractivity contribution in [1.29, 1.82) is 0 Å². The number of carbonyl (C=O) groups excluding carboxylic acids is 1. The van der Waals surface area contributed by atoms with Gasteiger partial charge >= 0.3 is 0 Å². The third-order valence-electron chi connectivity index (χ3n) is 3.82. The number of aryl methyl sites for hydroxylation is 2. The molecule has 0 aliphatic heterocycles. The van der Waals surface area contributed by atoms with Crippen LogP contribution in [0.3, 0.4) is 0 Å². The molecule has 0 bridgehead atoms. The molecule has 0 unspecified atom stereocenters. The topological polar surface area (TPSA) is 59.3 Å². The predicted molar refractivity (Wildman–Crippen MR) is 104 cm³/mol. The molecule has 0 spiro atoms. The molecule has 0 saturated carbocycles. The Hall–Kier alpha value is -2.66. The minimum atomic E-state index is -0.311. The maximum absolute atomic E-state index is 12.5. The summed E-state index contributed by atoms with van der Waals surface area (Å²) in [5.74, 6) is -0.311. The molecule has 126 valence electrons. The van der Waals surface area contributed by atoms with Gasteiger partial charge in [0, 0.05) is 16.2 Å². The van der Waals surface area contributed by atoms with E-state index in [1.54, 1.807) is 12.1 Å². The van der Waals surface area contributed by atoms with Gasteiger partial charge in [0.2, 0.25) is 5.91 Å². The summed E-state index contributed by atoms with van der Waals surface area (Å²) in [6, 6.07) is 11.0. The number of nitrogens with one attached hydrogen (secondary N) is 1. The van der Waals surface area contributed by atoms with E-state index in [2.05, 4.69) is 21.2 Å². The first-order valence-electron chi connectivity index (χ1n) is 7.71. The van der Waals surface area contributed by atoms with Gasteiger partial charge < -0.3 is 9.73 Å². The highest BCUT2D eigenvalue weighted by atomic mass is 79.9. The maximum Gasteiger partial charge on any atom is 0.248 e. The number of rotatable bonds is 3. The molecule has 1 amide bonds. The number of anilines is 1. The van der Waals surface area contributed by atoms with E-state index in [1.807, 2.05) is 38.1 Å². The Bertz CT molecular complexity index is 1050. The van der Waals surface area contributed by atoms with E-state index in [-0.39, 0.29) is 11.3 Å². The maximum atomic E-state index is 12.5. The van der Waals surface area contributed by atoms with Crippen molar-refractivity contribution in [2.45, 2.75) is 13.8 Å². The van der Waals surface area contributed by atoms with E-state index in [1.165, 1.54) is 18.4 Å². The van der Waals surface area contributed by atoms with Gasteiger partial charge in [-0.3, -0.25) is 9.59 Å². The summed E-state index contributed by atoms with van der Waals surface area (Å²) in [6.07, 6.45) is 4.17. The number of benzene rings is 2. The molecule has 25 heavy (non-hydrogen) atoms. The molecule has 2 aromatic carbocycles. The third kappa shape index (κ3) is 3.88. The van der Waals surface area contributed by atoms with Crippen LogP contribution in [-0.2, 0) is 4.79 Å². The van der Waals surface area contributed by atoms with Crippen molar-refractivity contribution in [1.82, 2.24) is 0 Å². The molecular weight excluding hydrogens is 382 g/mol. The minimum Gasteiger partial charge on any atom is -0.463 e. The summed E-state index contributed by atoms with van der Waals surface area (Å²) in [5, 5.41) is 3.30. The molecule has 3 aromatic rings. The van der Waals surface area contributed by atoms with Crippen LogP contribution in [0.4, 0.5) is 5.69 Å². The van der Waals surface area contributed by atoms with Crippen LogP contribution >= 0.6 is 15.9 Å². The fourth-order valence-corrected chi connectivity index (χ4v) is 2.96. The molecule has 0 saturated heterocycles. The van der Waals surface area contributed by atoms with Crippen molar-refractivity contribution in [3.8, 4) is 0 Å². The van der Waals surface area contributed by atoms with Gasteiger partial charge in [-0.1, -0.05) is 27.6 Å². The first-order valence-corrected chi connectivity index (χ1v) is 8.51. The average Bonchev–Trinajstić information content (AvgIpc) is 2.57. The quantitative estimate of drug-likeness (QED) is 0.644. The van der Waals surface area contributed by atoms with Gasteiger partial charge in [0.1, 0.15) is 11.8 Å². The lowest BCUT2D eigenvalue weighted by molar-refractivity contribution is -0.111. The van der Waals surface area contributed by atoms with E-state index < -0.39 is 0 Å². The molecule has 5 heteroatoms. The number of halogens is 1. The van der Waals surface area contributed by atoms with E-state index in [0.29, 0.717) is 16.5 Å². The van der Waals surface area contributed by atoms with Crippen molar-refractivity contribution in [3.63, 3.8) is 0 Å². The average molecular weight is 398 g/mol. The van der Waals surface area contributed by atoms with Gasteiger partial charge in [-0.25, -0.2) is 0 Å². The molecular formula is C20H16BrNO3. The number of hydrogen-bond acceptors (Lipinski definition) is 3. The molecule has 0 fully saturated rings. The van der Waals surface area contributed by atoms with E-state index >= 15 is 0 Å². The third-order valence-corrected chi connectivity index (χ3v) is 4.31. The highest BCUT2D eigenvalue weighted by Crippen LogP contribution is 2.20. The Morgan fingerprint density at radius 1 is 1.16 bits per heavy atom. The van der Waals surface area contributed by atoms with Gasteiger partial charge in [-0.15, -0.1) is 0 Å². The van der Waals surface area contributed by atoms with E-state index in [0.717, 1.165) is 21.3 Å². The minimum absolute atomic E-state index is 0.158. The van der Waals surface area contributed by atoms with Crippen molar-refractivity contribution in [2.24, 2.45) is 0 Å². The highest BCUT2D eigenvalue weighted by molar-refractivity contribution is 9.10. The highest BCUT2D eigenvalue weighted by Gasteiger charge is 2.06. The molecule has 1 N–H and O–H groups in total. The Labute approximate surface area is 153 Å². The molecule has 3 rings (SSSR count). The number of hydrogen-bond donors (Lipinski definition) is 1. The molecule has 0 radical (unpaired) electrons. The monoisotopic (exact) mass is 397 g/mol. The van der Waals surface area contributed by atoms with Crippen LogP contribution in [0.2, 0.25) is 0 Å². The summed E-state index contributed by atoms with van der Waals surface area (Å²) in [7, 11) is 0. The van der Waals surface area contributed by atoms with Crippen molar-refractivity contribution < 1.29 is 9.21 Å². The SMILES string of the molecule is Cc1ccc2occ(/C=C/C(=O)Nc3ccc(Br)cc3C)c(=O)c2c1. The van der Waals surface area contributed by atoms with Crippen LogP contribution in [0.5, 0.6) is 0 Å². The second-order valence-corrected chi connectivity index (χ2v) is 6.72. The van der Waals surface area contributed by atoms with E-state index in [4.69, 9.17) is 4.42 Å². The van der Waals surface area contributed by atoms with Crippen LogP contribution < -0.4 is 10.7 Å². The lowest BCUT2D eigenvalue weighted by Gasteiger charge is -2.06. The van der Waals surface area contributed by atoms with Gasteiger partial charge in [-0.2, -0.15) is 0 Å². The number of carbonyl (C=O) groups is 1. The van der Waals surface area contributed by atoms with Crippen molar-refractivity contribution >= 4 is 44.6 Å². The summed E-state index contributed by atoms with van der Waals surface area (Å²) in [4.78, 5) is 24.6. The first-order chi connectivity index (χ1) is 11.9. The summed E-state index contributed by atoms with van der Waals surface area (Å²) in [5.41, 5.74) is 3.34. The van der Waals surface area contributed by atoms with Crippen LogP contribution in [0.15, 0.2) is 62.4 Å². The molecule has 1 aromatic heterocycles. The standard InChI is InChI=1S/C20H16BrNO3/c1-12-3-7-18-16(9-12)20(24)14(11-25-18)4-8-19(23)22-17-6-5-15(21)10-13(17)2/h3-11H,1-2H3,(H,22,23)/b8-4+. The van der Waals surface area contributed by atoms with Crippen LogP contribution in [0.1, 0.15) is 16.7 Å². The summed E-state index contributed by atoms with van der Waals surface area (Å²) < 4.78 is 6.42. The zero-order valence-electron chi connectivity index (χ0n) is 13.8. The normalized spacial score (nSPS) is 11.2.